The van der Waals surface area contributed by atoms with Crippen molar-refractivity contribution >= 4 is 22.6 Å². The van der Waals surface area contributed by atoms with E-state index in [1.54, 1.807) is 0 Å². The lowest BCUT2D eigenvalue weighted by Gasteiger charge is -2.24. The number of nitrogens with zero attached hydrogens (tertiary/aromatic N) is 2. The van der Waals surface area contributed by atoms with Gasteiger partial charge in [0.1, 0.15) is 0 Å². The standard InChI is InChI=1S/C14H21IN2/c1-16(11-13-5-3-2-4-6-13)14-7-9-17(12-14)10-8-15/h2-6,14H,7-12H2,1H3. The Balaban J connectivity index is 1.83. The first-order valence-corrected chi connectivity index (χ1v) is 7.84. The Morgan fingerprint density at radius 1 is 1.35 bits per heavy atom. The van der Waals surface area contributed by atoms with Crippen LogP contribution in [-0.4, -0.2) is 47.0 Å². The van der Waals surface area contributed by atoms with E-state index in [1.165, 1.54) is 36.0 Å². The number of hydrogen-bond donors (Lipinski definition) is 0. The van der Waals surface area contributed by atoms with Crippen LogP contribution in [0.2, 0.25) is 0 Å². The predicted molar refractivity (Wildman–Crippen MR) is 81.6 cm³/mol. The van der Waals surface area contributed by atoms with Crippen LogP contribution in [0, 0.1) is 0 Å². The van der Waals surface area contributed by atoms with Gasteiger partial charge in [0.05, 0.1) is 0 Å². The van der Waals surface area contributed by atoms with Crippen LogP contribution in [0.3, 0.4) is 0 Å². The first-order chi connectivity index (χ1) is 8.29. The molecule has 0 aliphatic carbocycles. The maximum Gasteiger partial charge on any atom is 0.0235 e. The van der Waals surface area contributed by atoms with Crippen LogP contribution in [0.1, 0.15) is 12.0 Å². The molecule has 17 heavy (non-hydrogen) atoms. The van der Waals surface area contributed by atoms with E-state index in [9.17, 15) is 0 Å². The summed E-state index contributed by atoms with van der Waals surface area (Å²) in [4.78, 5) is 5.08. The third-order valence-electron chi connectivity index (χ3n) is 3.55. The first kappa shape index (κ1) is 13.3. The highest BCUT2D eigenvalue weighted by molar-refractivity contribution is 14.1. The molecule has 0 radical (unpaired) electrons. The topological polar surface area (TPSA) is 6.48 Å². The van der Waals surface area contributed by atoms with Gasteiger partial charge < -0.3 is 4.90 Å². The van der Waals surface area contributed by atoms with E-state index in [4.69, 9.17) is 0 Å². The number of likely N-dealkylation sites (N-methyl/N-ethyl adjacent to an activating group) is 1. The summed E-state index contributed by atoms with van der Waals surface area (Å²) in [5, 5.41) is 0. The number of halogens is 1. The predicted octanol–water partition coefficient (Wildman–Crippen LogP) is 2.63. The van der Waals surface area contributed by atoms with Crippen molar-refractivity contribution in [1.82, 2.24) is 9.80 Å². The lowest BCUT2D eigenvalue weighted by molar-refractivity contribution is 0.228. The molecule has 0 aromatic heterocycles. The van der Waals surface area contributed by atoms with Crippen molar-refractivity contribution in [3.63, 3.8) is 0 Å². The molecule has 1 aliphatic rings. The van der Waals surface area contributed by atoms with Crippen LogP contribution in [0.4, 0.5) is 0 Å². The average Bonchev–Trinajstić information content (AvgIpc) is 2.79. The van der Waals surface area contributed by atoms with Gasteiger partial charge in [0, 0.05) is 30.1 Å². The molecule has 94 valence electrons. The molecule has 1 unspecified atom stereocenters. The van der Waals surface area contributed by atoms with Crippen molar-refractivity contribution < 1.29 is 0 Å². The van der Waals surface area contributed by atoms with Crippen molar-refractivity contribution in [2.75, 3.05) is 31.1 Å². The van der Waals surface area contributed by atoms with Gasteiger partial charge in [0.15, 0.2) is 0 Å². The minimum Gasteiger partial charge on any atom is -0.301 e. The highest BCUT2D eigenvalue weighted by Gasteiger charge is 2.24. The summed E-state index contributed by atoms with van der Waals surface area (Å²) in [5.41, 5.74) is 1.42. The van der Waals surface area contributed by atoms with Gasteiger partial charge >= 0.3 is 0 Å². The highest BCUT2D eigenvalue weighted by atomic mass is 127. The second kappa shape index (κ2) is 6.71. The Labute approximate surface area is 118 Å². The van der Waals surface area contributed by atoms with Gasteiger partial charge in [-0.1, -0.05) is 52.9 Å². The Morgan fingerprint density at radius 3 is 2.82 bits per heavy atom. The zero-order valence-corrected chi connectivity index (χ0v) is 12.6. The lowest BCUT2D eigenvalue weighted by Crippen LogP contribution is -2.34. The van der Waals surface area contributed by atoms with Crippen molar-refractivity contribution in [2.45, 2.75) is 19.0 Å². The minimum absolute atomic E-state index is 0.734. The Kier molecular flexibility index (Phi) is 5.25. The zero-order valence-electron chi connectivity index (χ0n) is 10.5. The average molecular weight is 344 g/mol. The molecule has 0 saturated carbocycles. The van der Waals surface area contributed by atoms with Crippen molar-refractivity contribution in [3.8, 4) is 0 Å². The Hall–Kier alpha value is -0.130. The monoisotopic (exact) mass is 344 g/mol. The zero-order chi connectivity index (χ0) is 12.1. The van der Waals surface area contributed by atoms with Gasteiger partial charge in [0.2, 0.25) is 0 Å². The maximum absolute atomic E-state index is 2.58. The second-order valence-electron chi connectivity index (χ2n) is 4.83. The molecule has 1 fully saturated rings. The highest BCUT2D eigenvalue weighted by Crippen LogP contribution is 2.16. The number of alkyl halides is 1. The second-order valence-corrected chi connectivity index (χ2v) is 5.91. The molecule has 0 N–H and O–H groups in total. The van der Waals surface area contributed by atoms with E-state index in [2.05, 4.69) is 69.8 Å². The lowest BCUT2D eigenvalue weighted by atomic mass is 10.1. The van der Waals surface area contributed by atoms with Crippen LogP contribution in [0.5, 0.6) is 0 Å². The molecule has 1 saturated heterocycles. The summed E-state index contributed by atoms with van der Waals surface area (Å²) in [7, 11) is 2.26. The van der Waals surface area contributed by atoms with Crippen LogP contribution >= 0.6 is 22.6 Å². The van der Waals surface area contributed by atoms with E-state index in [-0.39, 0.29) is 0 Å². The quantitative estimate of drug-likeness (QED) is 0.599. The van der Waals surface area contributed by atoms with Crippen LogP contribution in [-0.2, 0) is 6.54 Å². The smallest absolute Gasteiger partial charge is 0.0235 e. The SMILES string of the molecule is CN(Cc1ccccc1)C1CCN(CCI)C1. The number of benzene rings is 1. The normalized spacial score (nSPS) is 21.2. The summed E-state index contributed by atoms with van der Waals surface area (Å²) in [6.45, 7) is 4.83. The third-order valence-corrected chi connectivity index (χ3v) is 4.03. The maximum atomic E-state index is 2.58. The van der Waals surface area contributed by atoms with E-state index >= 15 is 0 Å². The molecular formula is C14H21IN2. The fourth-order valence-corrected chi connectivity index (χ4v) is 3.18. The Bertz CT molecular complexity index is 328. The first-order valence-electron chi connectivity index (χ1n) is 6.32. The van der Waals surface area contributed by atoms with E-state index in [0.717, 1.165) is 12.6 Å². The van der Waals surface area contributed by atoms with Gasteiger partial charge in [-0.2, -0.15) is 0 Å². The number of rotatable bonds is 5. The van der Waals surface area contributed by atoms with Gasteiger partial charge in [0.25, 0.3) is 0 Å². The summed E-state index contributed by atoms with van der Waals surface area (Å²) in [5.74, 6) is 0. The third kappa shape index (κ3) is 3.93. The molecular weight excluding hydrogens is 323 g/mol. The molecule has 1 atom stereocenters. The molecule has 3 heteroatoms. The van der Waals surface area contributed by atoms with Crippen LogP contribution < -0.4 is 0 Å². The van der Waals surface area contributed by atoms with Crippen molar-refractivity contribution in [3.05, 3.63) is 35.9 Å². The van der Waals surface area contributed by atoms with E-state index in [0.29, 0.717) is 0 Å². The van der Waals surface area contributed by atoms with Crippen molar-refractivity contribution in [2.24, 2.45) is 0 Å². The fourth-order valence-electron chi connectivity index (χ4n) is 2.50. The number of hydrogen-bond acceptors (Lipinski definition) is 2. The van der Waals surface area contributed by atoms with Crippen molar-refractivity contribution in [1.29, 1.82) is 0 Å². The molecule has 1 heterocycles. The van der Waals surface area contributed by atoms with Gasteiger partial charge in [-0.3, -0.25) is 4.90 Å². The molecule has 0 bridgehead atoms. The van der Waals surface area contributed by atoms with E-state index in [1.807, 2.05) is 0 Å². The fraction of sp³-hybridized carbons (Fsp3) is 0.571. The Morgan fingerprint density at radius 2 is 2.12 bits per heavy atom. The molecule has 1 aromatic carbocycles. The van der Waals surface area contributed by atoms with Gasteiger partial charge in [-0.05, 0) is 25.6 Å². The van der Waals surface area contributed by atoms with Gasteiger partial charge in [-0.25, -0.2) is 0 Å². The molecule has 1 aliphatic heterocycles. The molecule has 0 amide bonds. The summed E-state index contributed by atoms with van der Waals surface area (Å²) < 4.78 is 1.24. The van der Waals surface area contributed by atoms with Crippen LogP contribution in [0.25, 0.3) is 0 Å². The largest absolute Gasteiger partial charge is 0.301 e. The number of likely N-dealkylation sites (tertiary alicyclic amines) is 1. The summed E-state index contributed by atoms with van der Waals surface area (Å²) in [6.07, 6.45) is 1.32. The molecule has 2 rings (SSSR count). The molecule has 2 nitrogen and oxygen atoms in total. The van der Waals surface area contributed by atoms with Gasteiger partial charge in [-0.15, -0.1) is 0 Å². The molecule has 1 aromatic rings. The molecule has 0 spiro atoms. The summed E-state index contributed by atoms with van der Waals surface area (Å²) in [6, 6.07) is 11.5. The van der Waals surface area contributed by atoms with E-state index < -0.39 is 0 Å². The summed E-state index contributed by atoms with van der Waals surface area (Å²) >= 11 is 2.46. The van der Waals surface area contributed by atoms with Crippen LogP contribution in [0.15, 0.2) is 30.3 Å². The minimum atomic E-state index is 0.734.